The van der Waals surface area contributed by atoms with E-state index >= 15 is 0 Å². The SMILES string of the molecule is CCOC(=O)c1sc(NC(=O)c2ccc(CN3CCCC3)o2)c(C(=O)OC)c1C. The summed E-state index contributed by atoms with van der Waals surface area (Å²) in [6.45, 7) is 6.22. The molecule has 0 saturated carbocycles. The minimum absolute atomic E-state index is 0.137. The maximum absolute atomic E-state index is 12.7. The lowest BCUT2D eigenvalue weighted by Gasteiger charge is -2.11. The Hall–Kier alpha value is -2.65. The Balaban J connectivity index is 1.80. The molecule has 1 aliphatic heterocycles. The summed E-state index contributed by atoms with van der Waals surface area (Å²) in [7, 11) is 1.24. The monoisotopic (exact) mass is 420 g/mol. The van der Waals surface area contributed by atoms with Crippen LogP contribution in [0.5, 0.6) is 0 Å². The fourth-order valence-electron chi connectivity index (χ4n) is 3.25. The van der Waals surface area contributed by atoms with Gasteiger partial charge in [0.15, 0.2) is 5.76 Å². The zero-order valence-electron chi connectivity index (χ0n) is 16.7. The van der Waals surface area contributed by atoms with Gasteiger partial charge in [-0.2, -0.15) is 0 Å². The van der Waals surface area contributed by atoms with Crippen LogP contribution >= 0.6 is 11.3 Å². The average Bonchev–Trinajstić information content (AvgIpc) is 3.43. The summed E-state index contributed by atoms with van der Waals surface area (Å²) in [5.41, 5.74) is 0.544. The van der Waals surface area contributed by atoms with Gasteiger partial charge in [-0.1, -0.05) is 0 Å². The van der Waals surface area contributed by atoms with Crippen molar-refractivity contribution < 1.29 is 28.3 Å². The van der Waals surface area contributed by atoms with Crippen molar-refractivity contribution in [3.05, 3.63) is 39.7 Å². The molecule has 3 rings (SSSR count). The predicted octanol–water partition coefficient (Wildman–Crippen LogP) is 3.46. The first-order valence-electron chi connectivity index (χ1n) is 9.45. The highest BCUT2D eigenvalue weighted by Crippen LogP contribution is 2.34. The first-order valence-corrected chi connectivity index (χ1v) is 10.3. The quantitative estimate of drug-likeness (QED) is 0.685. The molecule has 1 amide bonds. The molecule has 2 aromatic rings. The molecule has 0 unspecified atom stereocenters. The van der Waals surface area contributed by atoms with Gasteiger partial charge in [0.1, 0.15) is 15.6 Å². The highest BCUT2D eigenvalue weighted by molar-refractivity contribution is 7.18. The zero-order chi connectivity index (χ0) is 21.0. The fraction of sp³-hybridized carbons (Fsp3) is 0.450. The molecule has 1 fully saturated rings. The standard InChI is InChI=1S/C20H24N2O6S/c1-4-27-20(25)16-12(2)15(19(24)26-3)18(29-16)21-17(23)14-8-7-13(28-14)11-22-9-5-6-10-22/h7-8H,4-6,9-11H2,1-3H3,(H,21,23). The average molecular weight is 420 g/mol. The summed E-state index contributed by atoms with van der Waals surface area (Å²) in [6, 6.07) is 3.38. The van der Waals surface area contributed by atoms with E-state index in [2.05, 4.69) is 10.2 Å². The normalized spacial score (nSPS) is 14.0. The van der Waals surface area contributed by atoms with Crippen molar-refractivity contribution in [2.75, 3.05) is 32.1 Å². The number of nitrogens with one attached hydrogen (secondary N) is 1. The van der Waals surface area contributed by atoms with Crippen molar-refractivity contribution >= 4 is 34.2 Å². The van der Waals surface area contributed by atoms with Crippen LogP contribution in [0.2, 0.25) is 0 Å². The molecule has 0 bridgehead atoms. The molecule has 29 heavy (non-hydrogen) atoms. The summed E-state index contributed by atoms with van der Waals surface area (Å²) in [6.07, 6.45) is 2.34. The zero-order valence-corrected chi connectivity index (χ0v) is 17.5. The summed E-state index contributed by atoms with van der Waals surface area (Å²) < 4.78 is 15.5. The van der Waals surface area contributed by atoms with Crippen LogP contribution in [0.1, 0.15) is 61.7 Å². The summed E-state index contributed by atoms with van der Waals surface area (Å²) in [5, 5.41) is 2.89. The lowest BCUT2D eigenvalue weighted by Crippen LogP contribution is -2.18. The number of methoxy groups -OCH3 is 1. The molecule has 0 atom stereocenters. The second-order valence-electron chi connectivity index (χ2n) is 6.68. The summed E-state index contributed by atoms with van der Waals surface area (Å²) in [4.78, 5) is 39.6. The van der Waals surface area contributed by atoms with Crippen LogP contribution in [0.15, 0.2) is 16.5 Å². The number of ether oxygens (including phenoxy) is 2. The Kier molecular flexibility index (Phi) is 6.71. The van der Waals surface area contributed by atoms with Gasteiger partial charge < -0.3 is 19.2 Å². The van der Waals surface area contributed by atoms with E-state index in [-0.39, 0.29) is 27.8 Å². The molecule has 1 aliphatic rings. The Morgan fingerprint density at radius 2 is 1.93 bits per heavy atom. The highest BCUT2D eigenvalue weighted by Gasteiger charge is 2.28. The van der Waals surface area contributed by atoms with Gasteiger partial charge in [0.05, 0.1) is 25.8 Å². The second-order valence-corrected chi connectivity index (χ2v) is 7.70. The van der Waals surface area contributed by atoms with Gasteiger partial charge in [0.25, 0.3) is 5.91 Å². The number of amides is 1. The number of furan rings is 1. The van der Waals surface area contributed by atoms with Gasteiger partial charge in [-0.05, 0) is 57.5 Å². The minimum atomic E-state index is -0.640. The van der Waals surface area contributed by atoms with Crippen molar-refractivity contribution in [2.24, 2.45) is 0 Å². The molecular formula is C20H24N2O6S. The molecule has 1 saturated heterocycles. The summed E-state index contributed by atoms with van der Waals surface area (Å²) >= 11 is 0.977. The summed E-state index contributed by atoms with van der Waals surface area (Å²) in [5.74, 6) is -0.844. The Morgan fingerprint density at radius 3 is 2.59 bits per heavy atom. The number of hydrogen-bond donors (Lipinski definition) is 1. The smallest absolute Gasteiger partial charge is 0.348 e. The van der Waals surface area contributed by atoms with Gasteiger partial charge in [0.2, 0.25) is 0 Å². The van der Waals surface area contributed by atoms with Crippen LogP contribution in [0.3, 0.4) is 0 Å². The third-order valence-electron chi connectivity index (χ3n) is 4.69. The van der Waals surface area contributed by atoms with Crippen molar-refractivity contribution in [1.29, 1.82) is 0 Å². The van der Waals surface area contributed by atoms with E-state index in [9.17, 15) is 14.4 Å². The van der Waals surface area contributed by atoms with Crippen LogP contribution < -0.4 is 5.32 Å². The molecule has 3 heterocycles. The van der Waals surface area contributed by atoms with Gasteiger partial charge >= 0.3 is 11.9 Å². The van der Waals surface area contributed by atoms with Crippen molar-refractivity contribution in [1.82, 2.24) is 4.90 Å². The van der Waals surface area contributed by atoms with Crippen molar-refractivity contribution in [3.8, 4) is 0 Å². The number of hydrogen-bond acceptors (Lipinski definition) is 8. The molecule has 0 aliphatic carbocycles. The van der Waals surface area contributed by atoms with Gasteiger partial charge in [-0.25, -0.2) is 9.59 Å². The van der Waals surface area contributed by atoms with E-state index in [0.717, 1.165) is 24.4 Å². The largest absolute Gasteiger partial charge is 0.465 e. The van der Waals surface area contributed by atoms with Crippen molar-refractivity contribution in [3.63, 3.8) is 0 Å². The number of rotatable bonds is 7. The van der Waals surface area contributed by atoms with E-state index < -0.39 is 17.8 Å². The molecule has 9 heteroatoms. The van der Waals surface area contributed by atoms with E-state index in [1.165, 1.54) is 20.0 Å². The molecule has 1 N–H and O–H groups in total. The molecular weight excluding hydrogens is 396 g/mol. The lowest BCUT2D eigenvalue weighted by molar-refractivity contribution is 0.0531. The third kappa shape index (κ3) is 4.68. The van der Waals surface area contributed by atoms with Crippen molar-refractivity contribution in [2.45, 2.75) is 33.2 Å². The van der Waals surface area contributed by atoms with Gasteiger partial charge in [0, 0.05) is 0 Å². The Morgan fingerprint density at radius 1 is 1.21 bits per heavy atom. The van der Waals surface area contributed by atoms with Gasteiger partial charge in [-0.3, -0.25) is 9.69 Å². The van der Waals surface area contributed by atoms with Crippen LogP contribution in [0.25, 0.3) is 0 Å². The molecule has 0 radical (unpaired) electrons. The molecule has 0 aromatic carbocycles. The number of carbonyl (C=O) groups excluding carboxylic acids is 3. The second kappa shape index (κ2) is 9.23. The third-order valence-corrected chi connectivity index (χ3v) is 5.88. The predicted molar refractivity (Wildman–Crippen MR) is 108 cm³/mol. The molecule has 8 nitrogen and oxygen atoms in total. The van der Waals surface area contributed by atoms with Crippen LogP contribution in [0.4, 0.5) is 5.00 Å². The number of carbonyl (C=O) groups is 3. The maximum atomic E-state index is 12.7. The topological polar surface area (TPSA) is 98.1 Å². The lowest BCUT2D eigenvalue weighted by atomic mass is 10.1. The van der Waals surface area contributed by atoms with Crippen LogP contribution in [-0.4, -0.2) is 49.6 Å². The molecule has 0 spiro atoms. The fourth-order valence-corrected chi connectivity index (χ4v) is 4.34. The van der Waals surface area contributed by atoms with E-state index in [1.807, 2.05) is 0 Å². The highest BCUT2D eigenvalue weighted by atomic mass is 32.1. The van der Waals surface area contributed by atoms with E-state index in [1.54, 1.807) is 26.0 Å². The first-order chi connectivity index (χ1) is 13.9. The Labute approximate surface area is 172 Å². The Bertz CT molecular complexity index is 910. The number of nitrogens with zero attached hydrogens (tertiary/aromatic N) is 1. The minimum Gasteiger partial charge on any atom is -0.465 e. The maximum Gasteiger partial charge on any atom is 0.348 e. The van der Waals surface area contributed by atoms with Gasteiger partial charge in [-0.15, -0.1) is 11.3 Å². The van der Waals surface area contributed by atoms with Crippen LogP contribution in [0, 0.1) is 6.92 Å². The number of anilines is 1. The molecule has 2 aromatic heterocycles. The molecule has 156 valence electrons. The van der Waals surface area contributed by atoms with E-state index in [0.29, 0.717) is 17.9 Å². The van der Waals surface area contributed by atoms with Crippen LogP contribution in [-0.2, 0) is 16.0 Å². The first kappa shape index (κ1) is 21.1. The number of likely N-dealkylation sites (tertiary alicyclic amines) is 1. The number of thiophene rings is 1. The van der Waals surface area contributed by atoms with E-state index in [4.69, 9.17) is 13.9 Å². The number of esters is 2.